The van der Waals surface area contributed by atoms with E-state index in [4.69, 9.17) is 12.2 Å². The molecule has 7 heteroatoms. The lowest BCUT2D eigenvalue weighted by molar-refractivity contribution is -0.123. The van der Waals surface area contributed by atoms with Gasteiger partial charge in [-0.2, -0.15) is 0 Å². The van der Waals surface area contributed by atoms with Crippen LogP contribution in [0.25, 0.3) is 11.6 Å². The Morgan fingerprint density at radius 1 is 1.23 bits per heavy atom. The average Bonchev–Trinajstić information content (AvgIpc) is 2.51. The molecular weight excluding hydrogens is 353 g/mol. The van der Waals surface area contributed by atoms with E-state index in [0.717, 1.165) is 23.4 Å². The van der Waals surface area contributed by atoms with Crippen molar-refractivity contribution in [2.45, 2.75) is 33.2 Å². The summed E-state index contributed by atoms with van der Waals surface area (Å²) in [5, 5.41) is 4.64. The molecule has 1 aromatic rings. The number of nitrogens with one attached hydrogen (secondary N) is 2. The maximum Gasteiger partial charge on any atom is 0.263 e. The number of nitrogens with zero attached hydrogens (tertiary/aromatic N) is 1. The second-order valence-electron chi connectivity index (χ2n) is 6.91. The molecule has 0 saturated carbocycles. The fraction of sp³-hybridized carbons (Fsp3) is 0.316. The lowest BCUT2D eigenvalue weighted by Gasteiger charge is -2.43. The molecule has 0 spiro atoms. The summed E-state index contributed by atoms with van der Waals surface area (Å²) in [4.78, 5) is 26.1. The third-order valence-electron chi connectivity index (χ3n) is 4.66. The molecule has 0 aliphatic carbocycles. The van der Waals surface area contributed by atoms with Crippen molar-refractivity contribution in [2.75, 3.05) is 11.4 Å². The van der Waals surface area contributed by atoms with Gasteiger partial charge < -0.3 is 4.90 Å². The van der Waals surface area contributed by atoms with E-state index in [1.807, 2.05) is 13.8 Å². The van der Waals surface area contributed by atoms with Gasteiger partial charge in [0.1, 0.15) is 11.4 Å². The number of hydrogen-bond acceptors (Lipinski definition) is 4. The molecule has 136 valence electrons. The molecule has 1 fully saturated rings. The van der Waals surface area contributed by atoms with Crippen molar-refractivity contribution in [1.82, 2.24) is 10.6 Å². The van der Waals surface area contributed by atoms with Crippen LogP contribution >= 0.6 is 12.2 Å². The number of fused-ring (bicyclic) bond motifs is 1. The monoisotopic (exact) mass is 373 g/mol. The third kappa shape index (κ3) is 3.03. The molecule has 0 radical (unpaired) electrons. The standard InChI is InChI=1S/C19H20FN3O2S/c1-5-23-15-8-14(20)11(6-12(15)10(2)9-19(23,3)4)7-13-16(24)21-18(26)22-17(13)25/h6-9H,5H2,1-4H3,(H2,21,22,24,25,26). The number of halogens is 1. The Kier molecular flexibility index (Phi) is 4.44. The van der Waals surface area contributed by atoms with Gasteiger partial charge in [-0.1, -0.05) is 6.08 Å². The van der Waals surface area contributed by atoms with Crippen molar-refractivity contribution in [2.24, 2.45) is 0 Å². The van der Waals surface area contributed by atoms with Crippen molar-refractivity contribution < 1.29 is 14.0 Å². The SMILES string of the molecule is CCN1c2cc(F)c(C=C3C(=O)NC(=S)NC3=O)cc2C(C)=CC1(C)C. The van der Waals surface area contributed by atoms with Crippen LogP contribution in [-0.2, 0) is 9.59 Å². The van der Waals surface area contributed by atoms with E-state index >= 15 is 0 Å². The summed E-state index contributed by atoms with van der Waals surface area (Å²) in [6, 6.07) is 3.14. The minimum absolute atomic E-state index is 0.0531. The fourth-order valence-electron chi connectivity index (χ4n) is 3.56. The summed E-state index contributed by atoms with van der Waals surface area (Å²) in [6.07, 6.45) is 3.39. The molecule has 2 amide bonds. The molecule has 1 saturated heterocycles. The predicted molar refractivity (Wildman–Crippen MR) is 104 cm³/mol. The number of amides is 2. The zero-order valence-corrected chi connectivity index (χ0v) is 15.9. The molecule has 0 bridgehead atoms. The second kappa shape index (κ2) is 6.32. The van der Waals surface area contributed by atoms with E-state index in [9.17, 15) is 14.0 Å². The number of thiocarbonyl (C=S) groups is 1. The van der Waals surface area contributed by atoms with Crippen molar-refractivity contribution in [1.29, 1.82) is 0 Å². The van der Waals surface area contributed by atoms with Gasteiger partial charge in [0.05, 0.1) is 5.54 Å². The summed E-state index contributed by atoms with van der Waals surface area (Å²) < 4.78 is 14.8. The van der Waals surface area contributed by atoms with Gasteiger partial charge in [-0.15, -0.1) is 0 Å². The van der Waals surface area contributed by atoms with Gasteiger partial charge in [0.15, 0.2) is 5.11 Å². The molecule has 2 aliphatic heterocycles. The minimum Gasteiger partial charge on any atom is -0.363 e. The van der Waals surface area contributed by atoms with Crippen LogP contribution in [0.15, 0.2) is 23.8 Å². The van der Waals surface area contributed by atoms with Gasteiger partial charge >= 0.3 is 0 Å². The normalized spacial score (nSPS) is 18.8. The summed E-state index contributed by atoms with van der Waals surface area (Å²) >= 11 is 4.77. The maximum atomic E-state index is 14.8. The van der Waals surface area contributed by atoms with Crippen LogP contribution in [0.3, 0.4) is 0 Å². The second-order valence-corrected chi connectivity index (χ2v) is 7.32. The van der Waals surface area contributed by atoms with Crippen molar-refractivity contribution in [3.63, 3.8) is 0 Å². The van der Waals surface area contributed by atoms with Crippen molar-refractivity contribution in [3.05, 3.63) is 40.7 Å². The highest BCUT2D eigenvalue weighted by Gasteiger charge is 2.31. The number of carbonyl (C=O) groups is 2. The Balaban J connectivity index is 2.12. The molecule has 2 N–H and O–H groups in total. The molecule has 5 nitrogen and oxygen atoms in total. The van der Waals surface area contributed by atoms with E-state index in [0.29, 0.717) is 0 Å². The summed E-state index contributed by atoms with van der Waals surface area (Å²) in [5.74, 6) is -1.77. The molecule has 2 heterocycles. The molecule has 0 atom stereocenters. The lowest BCUT2D eigenvalue weighted by Crippen LogP contribution is -2.51. The zero-order valence-electron chi connectivity index (χ0n) is 15.1. The molecular formula is C19H20FN3O2S. The Morgan fingerprint density at radius 2 is 1.85 bits per heavy atom. The molecule has 2 aliphatic rings. The molecule has 0 aromatic heterocycles. The lowest BCUT2D eigenvalue weighted by atomic mass is 9.87. The smallest absolute Gasteiger partial charge is 0.263 e. The third-order valence-corrected chi connectivity index (χ3v) is 4.86. The number of carbonyl (C=O) groups excluding carboxylic acids is 2. The van der Waals surface area contributed by atoms with Gasteiger partial charge in [-0.05, 0) is 63.7 Å². The highest BCUT2D eigenvalue weighted by molar-refractivity contribution is 7.80. The average molecular weight is 373 g/mol. The number of allylic oxidation sites excluding steroid dienone is 1. The number of anilines is 1. The zero-order chi connectivity index (χ0) is 19.2. The first-order chi connectivity index (χ1) is 12.1. The van der Waals surface area contributed by atoms with E-state index in [-0.39, 0.29) is 21.8 Å². The largest absolute Gasteiger partial charge is 0.363 e. The Bertz CT molecular complexity index is 880. The van der Waals surface area contributed by atoms with Crippen LogP contribution in [0, 0.1) is 5.82 Å². The first-order valence-electron chi connectivity index (χ1n) is 8.33. The van der Waals surface area contributed by atoms with Crippen LogP contribution in [0.2, 0.25) is 0 Å². The molecule has 3 rings (SSSR count). The molecule has 26 heavy (non-hydrogen) atoms. The van der Waals surface area contributed by atoms with E-state index in [2.05, 4.69) is 35.5 Å². The summed E-state index contributed by atoms with van der Waals surface area (Å²) in [7, 11) is 0. The Hall–Kier alpha value is -2.54. The fourth-order valence-corrected chi connectivity index (χ4v) is 3.75. The summed E-state index contributed by atoms with van der Waals surface area (Å²) in [5.41, 5.74) is 2.48. The number of hydrogen-bond donors (Lipinski definition) is 2. The highest BCUT2D eigenvalue weighted by Crippen LogP contribution is 2.40. The molecule has 1 aromatic carbocycles. The van der Waals surface area contributed by atoms with Gasteiger partial charge in [0.25, 0.3) is 11.8 Å². The van der Waals surface area contributed by atoms with Crippen molar-refractivity contribution >= 4 is 46.5 Å². The summed E-state index contributed by atoms with van der Waals surface area (Å²) in [6.45, 7) is 8.88. The van der Waals surface area contributed by atoms with Gasteiger partial charge in [0.2, 0.25) is 0 Å². The first-order valence-corrected chi connectivity index (χ1v) is 8.74. The topological polar surface area (TPSA) is 61.4 Å². The van der Waals surface area contributed by atoms with Crippen LogP contribution in [0.5, 0.6) is 0 Å². The van der Waals surface area contributed by atoms with Crippen LogP contribution < -0.4 is 15.5 Å². The predicted octanol–water partition coefficient (Wildman–Crippen LogP) is 2.76. The Morgan fingerprint density at radius 3 is 2.42 bits per heavy atom. The van der Waals surface area contributed by atoms with Crippen molar-refractivity contribution in [3.8, 4) is 0 Å². The number of likely N-dealkylation sites (N-methyl/N-ethyl adjacent to an activating group) is 1. The minimum atomic E-state index is -0.639. The van der Waals surface area contributed by atoms with E-state index in [1.165, 1.54) is 12.1 Å². The maximum absolute atomic E-state index is 14.8. The van der Waals surface area contributed by atoms with Gasteiger partial charge in [-0.3, -0.25) is 20.2 Å². The van der Waals surface area contributed by atoms with Crippen LogP contribution in [0.1, 0.15) is 38.8 Å². The molecule has 0 unspecified atom stereocenters. The number of rotatable bonds is 2. The van der Waals surface area contributed by atoms with Crippen LogP contribution in [-0.4, -0.2) is 29.0 Å². The number of benzene rings is 1. The van der Waals surface area contributed by atoms with Gasteiger partial charge in [-0.25, -0.2) is 4.39 Å². The van der Waals surface area contributed by atoms with E-state index in [1.54, 1.807) is 6.07 Å². The Labute approximate surface area is 156 Å². The quantitative estimate of drug-likeness (QED) is 0.475. The van der Waals surface area contributed by atoms with E-state index < -0.39 is 17.6 Å². The van der Waals surface area contributed by atoms with Crippen LogP contribution in [0.4, 0.5) is 10.1 Å². The highest BCUT2D eigenvalue weighted by atomic mass is 32.1. The van der Waals surface area contributed by atoms with Gasteiger partial charge in [0, 0.05) is 23.4 Å². The first kappa shape index (κ1) is 18.3.